The van der Waals surface area contributed by atoms with Crippen molar-refractivity contribution < 1.29 is 24.2 Å². The second kappa shape index (κ2) is 10.5. The van der Waals surface area contributed by atoms with Crippen molar-refractivity contribution in [3.05, 3.63) is 69.7 Å². The largest absolute Gasteiger partial charge is 0.507 e. The molecule has 0 spiro atoms. The lowest BCUT2D eigenvalue weighted by Gasteiger charge is -2.29. The van der Waals surface area contributed by atoms with Gasteiger partial charge in [-0.2, -0.15) is 0 Å². The first-order valence-corrected chi connectivity index (χ1v) is 11.8. The standard InChI is InChI=1S/C25H27BrN2O5/c1-32-20-6-3-2-5-19(20)23(29)21-22(17-7-9-18(26)10-8-17)28(25(31)24(21)30)12-4-11-27-13-15-33-16-14-27/h2-3,5-10,22,29H,4,11-16H2,1H3/b23-21+. The molecule has 2 heterocycles. The van der Waals surface area contributed by atoms with E-state index in [1.807, 2.05) is 24.3 Å². The fourth-order valence-electron chi connectivity index (χ4n) is 4.38. The van der Waals surface area contributed by atoms with Crippen LogP contribution in [0.25, 0.3) is 5.76 Å². The van der Waals surface area contributed by atoms with Crippen LogP contribution in [0.5, 0.6) is 5.75 Å². The van der Waals surface area contributed by atoms with Crippen molar-refractivity contribution in [1.29, 1.82) is 0 Å². The van der Waals surface area contributed by atoms with Crippen molar-refractivity contribution in [2.24, 2.45) is 0 Å². The molecule has 0 saturated carbocycles. The molecule has 2 aromatic rings. The van der Waals surface area contributed by atoms with E-state index in [4.69, 9.17) is 9.47 Å². The Balaban J connectivity index is 1.69. The van der Waals surface area contributed by atoms with Gasteiger partial charge in [-0.3, -0.25) is 14.5 Å². The summed E-state index contributed by atoms with van der Waals surface area (Å²) in [5.41, 5.74) is 1.23. The minimum Gasteiger partial charge on any atom is -0.507 e. The van der Waals surface area contributed by atoms with E-state index in [2.05, 4.69) is 20.8 Å². The zero-order valence-corrected chi connectivity index (χ0v) is 20.1. The van der Waals surface area contributed by atoms with Crippen molar-refractivity contribution in [1.82, 2.24) is 9.80 Å². The highest BCUT2D eigenvalue weighted by Crippen LogP contribution is 2.41. The molecule has 174 valence electrons. The third-order valence-electron chi connectivity index (χ3n) is 6.06. The molecule has 0 aromatic heterocycles. The molecule has 0 bridgehead atoms. The van der Waals surface area contributed by atoms with E-state index in [0.29, 0.717) is 31.1 Å². The number of likely N-dealkylation sites (tertiary alicyclic amines) is 1. The topological polar surface area (TPSA) is 79.3 Å². The summed E-state index contributed by atoms with van der Waals surface area (Å²) >= 11 is 3.44. The first-order valence-electron chi connectivity index (χ1n) is 11.0. The molecule has 8 heteroatoms. The molecule has 2 aliphatic rings. The predicted octanol–water partition coefficient (Wildman–Crippen LogP) is 3.60. The number of nitrogens with zero attached hydrogens (tertiary/aromatic N) is 2. The quantitative estimate of drug-likeness (QED) is 0.345. The van der Waals surface area contributed by atoms with Crippen LogP contribution < -0.4 is 4.74 Å². The van der Waals surface area contributed by atoms with Crippen LogP contribution in [0, 0.1) is 0 Å². The number of methoxy groups -OCH3 is 1. The van der Waals surface area contributed by atoms with E-state index < -0.39 is 17.7 Å². The van der Waals surface area contributed by atoms with Gasteiger partial charge >= 0.3 is 0 Å². The zero-order chi connectivity index (χ0) is 23.4. The Morgan fingerprint density at radius 1 is 1.09 bits per heavy atom. The number of hydrogen-bond acceptors (Lipinski definition) is 6. The summed E-state index contributed by atoms with van der Waals surface area (Å²) in [5, 5.41) is 11.2. The normalized spacial score (nSPS) is 20.9. The number of Topliss-reactive ketones (excluding diaryl/α,β-unsaturated/α-hetero) is 1. The van der Waals surface area contributed by atoms with Crippen LogP contribution in [0.1, 0.15) is 23.6 Å². The van der Waals surface area contributed by atoms with Crippen molar-refractivity contribution in [3.63, 3.8) is 0 Å². The molecule has 1 amide bonds. The summed E-state index contributed by atoms with van der Waals surface area (Å²) in [7, 11) is 1.50. The summed E-state index contributed by atoms with van der Waals surface area (Å²) in [6.07, 6.45) is 0.717. The highest BCUT2D eigenvalue weighted by Gasteiger charge is 2.46. The molecule has 2 aliphatic heterocycles. The summed E-state index contributed by atoms with van der Waals surface area (Å²) < 4.78 is 11.7. The van der Waals surface area contributed by atoms with Crippen molar-refractivity contribution >= 4 is 33.4 Å². The molecule has 1 unspecified atom stereocenters. The lowest BCUT2D eigenvalue weighted by atomic mass is 9.95. The molecular formula is C25H27BrN2O5. The number of halogens is 1. The van der Waals surface area contributed by atoms with Gasteiger partial charge in [0.15, 0.2) is 0 Å². The Hall–Kier alpha value is -2.68. The van der Waals surface area contributed by atoms with E-state index in [9.17, 15) is 14.7 Å². The Morgan fingerprint density at radius 3 is 2.48 bits per heavy atom. The first kappa shape index (κ1) is 23.5. The second-order valence-corrected chi connectivity index (χ2v) is 8.97. The Bertz CT molecular complexity index is 1050. The number of benzene rings is 2. The molecule has 2 fully saturated rings. The van der Waals surface area contributed by atoms with Gasteiger partial charge in [-0.1, -0.05) is 40.2 Å². The van der Waals surface area contributed by atoms with E-state index in [0.717, 1.165) is 36.1 Å². The van der Waals surface area contributed by atoms with Crippen molar-refractivity contribution in [3.8, 4) is 5.75 Å². The van der Waals surface area contributed by atoms with Crippen LogP contribution in [0.2, 0.25) is 0 Å². The maximum absolute atomic E-state index is 13.2. The minimum atomic E-state index is -0.683. The highest BCUT2D eigenvalue weighted by molar-refractivity contribution is 9.10. The molecule has 0 aliphatic carbocycles. The maximum Gasteiger partial charge on any atom is 0.295 e. The number of carbonyl (C=O) groups excluding carboxylic acids is 2. The third-order valence-corrected chi connectivity index (χ3v) is 6.59. The third kappa shape index (κ3) is 4.98. The number of ether oxygens (including phenoxy) is 2. The molecule has 0 radical (unpaired) electrons. The van der Waals surface area contributed by atoms with Crippen LogP contribution in [0.3, 0.4) is 0 Å². The van der Waals surface area contributed by atoms with Gasteiger partial charge < -0.3 is 19.5 Å². The van der Waals surface area contributed by atoms with Gasteiger partial charge in [0.25, 0.3) is 11.7 Å². The summed E-state index contributed by atoms with van der Waals surface area (Å²) in [5.74, 6) is -1.07. The lowest BCUT2D eigenvalue weighted by Crippen LogP contribution is -2.38. The van der Waals surface area contributed by atoms with Gasteiger partial charge in [0, 0.05) is 30.7 Å². The van der Waals surface area contributed by atoms with Crippen LogP contribution in [-0.4, -0.2) is 73.1 Å². The SMILES string of the molecule is COc1ccccc1/C(O)=C1\C(=O)C(=O)N(CCCN2CCOCC2)C1c1ccc(Br)cc1. The Labute approximate surface area is 201 Å². The fraction of sp³-hybridized carbons (Fsp3) is 0.360. The molecule has 2 saturated heterocycles. The summed E-state index contributed by atoms with van der Waals surface area (Å²) in [4.78, 5) is 30.1. The zero-order valence-electron chi connectivity index (χ0n) is 18.5. The van der Waals surface area contributed by atoms with Gasteiger partial charge in [-0.25, -0.2) is 0 Å². The maximum atomic E-state index is 13.2. The van der Waals surface area contributed by atoms with E-state index in [-0.39, 0.29) is 11.3 Å². The van der Waals surface area contributed by atoms with Crippen LogP contribution in [0.15, 0.2) is 58.6 Å². The van der Waals surface area contributed by atoms with E-state index in [1.54, 1.807) is 29.2 Å². The average molecular weight is 515 g/mol. The van der Waals surface area contributed by atoms with Gasteiger partial charge in [0.05, 0.1) is 37.5 Å². The van der Waals surface area contributed by atoms with Crippen LogP contribution in [0.4, 0.5) is 0 Å². The number of amides is 1. The number of hydrogen-bond donors (Lipinski definition) is 1. The molecule has 7 nitrogen and oxygen atoms in total. The molecule has 1 N–H and O–H groups in total. The Kier molecular flexibility index (Phi) is 7.47. The number of ketones is 1. The molecule has 2 aromatic carbocycles. The molecule has 1 atom stereocenters. The molecular weight excluding hydrogens is 488 g/mol. The van der Waals surface area contributed by atoms with Gasteiger partial charge in [0.2, 0.25) is 0 Å². The highest BCUT2D eigenvalue weighted by atomic mass is 79.9. The second-order valence-electron chi connectivity index (χ2n) is 8.05. The van der Waals surface area contributed by atoms with Crippen LogP contribution >= 0.6 is 15.9 Å². The molecule has 4 rings (SSSR count). The summed E-state index contributed by atoms with van der Waals surface area (Å²) in [6, 6.07) is 13.7. The monoisotopic (exact) mass is 514 g/mol. The Morgan fingerprint density at radius 2 is 1.79 bits per heavy atom. The van der Waals surface area contributed by atoms with Crippen LogP contribution in [-0.2, 0) is 14.3 Å². The smallest absolute Gasteiger partial charge is 0.295 e. The summed E-state index contributed by atoms with van der Waals surface area (Å²) in [6.45, 7) is 4.37. The van der Waals surface area contributed by atoms with Crippen molar-refractivity contribution in [2.75, 3.05) is 46.5 Å². The lowest BCUT2D eigenvalue weighted by molar-refractivity contribution is -0.140. The number of rotatable bonds is 7. The average Bonchev–Trinajstić information content (AvgIpc) is 3.10. The van der Waals surface area contributed by atoms with Gasteiger partial charge in [-0.05, 0) is 36.2 Å². The first-order chi connectivity index (χ1) is 16.0. The number of para-hydroxylation sites is 1. The number of aliphatic hydroxyl groups excluding tert-OH is 1. The van der Waals surface area contributed by atoms with Gasteiger partial charge in [0.1, 0.15) is 11.5 Å². The van der Waals surface area contributed by atoms with Crippen molar-refractivity contribution in [2.45, 2.75) is 12.5 Å². The van der Waals surface area contributed by atoms with E-state index >= 15 is 0 Å². The minimum absolute atomic E-state index is 0.0817. The number of aliphatic hydroxyl groups is 1. The predicted molar refractivity (Wildman–Crippen MR) is 128 cm³/mol. The number of carbonyl (C=O) groups is 2. The fourth-order valence-corrected chi connectivity index (χ4v) is 4.64. The number of morpholine rings is 1. The van der Waals surface area contributed by atoms with E-state index in [1.165, 1.54) is 7.11 Å². The van der Waals surface area contributed by atoms with Gasteiger partial charge in [-0.15, -0.1) is 0 Å². The molecule has 33 heavy (non-hydrogen) atoms.